The molecule has 1 rings (SSSR count). The van der Waals surface area contributed by atoms with Crippen molar-refractivity contribution in [3.8, 4) is 0 Å². The third-order valence-electron chi connectivity index (χ3n) is 3.91. The number of hydrogen-bond acceptors (Lipinski definition) is 2. The molecule has 0 aromatic rings. The summed E-state index contributed by atoms with van der Waals surface area (Å²) < 4.78 is 5.13. The smallest absolute Gasteiger partial charge is 0.226 e. The van der Waals surface area contributed by atoms with E-state index >= 15 is 0 Å². The van der Waals surface area contributed by atoms with Crippen molar-refractivity contribution >= 4 is 5.91 Å². The maximum Gasteiger partial charge on any atom is 0.226 e. The molecule has 1 fully saturated rings. The molecule has 0 aromatic carbocycles. The molecular formula is C14H27NO2. The summed E-state index contributed by atoms with van der Waals surface area (Å²) in [5.41, 5.74) is 0. The Balaban J connectivity index is 2.62. The van der Waals surface area contributed by atoms with Gasteiger partial charge in [0.15, 0.2) is 0 Å². The molecule has 0 spiro atoms. The van der Waals surface area contributed by atoms with Crippen LogP contribution in [-0.4, -0.2) is 37.1 Å². The van der Waals surface area contributed by atoms with Gasteiger partial charge in [-0.25, -0.2) is 0 Å². The Bertz CT molecular complexity index is 220. The van der Waals surface area contributed by atoms with Gasteiger partial charge in [0.05, 0.1) is 6.61 Å². The Hall–Kier alpha value is -0.570. The van der Waals surface area contributed by atoms with Gasteiger partial charge >= 0.3 is 0 Å². The zero-order valence-corrected chi connectivity index (χ0v) is 11.6. The molecule has 0 heterocycles. The summed E-state index contributed by atoms with van der Waals surface area (Å²) in [5, 5.41) is 0. The predicted molar refractivity (Wildman–Crippen MR) is 69.9 cm³/mol. The zero-order valence-electron chi connectivity index (χ0n) is 11.6. The van der Waals surface area contributed by atoms with Crippen molar-refractivity contribution in [2.45, 2.75) is 58.4 Å². The normalized spacial score (nSPS) is 16.7. The lowest BCUT2D eigenvalue weighted by molar-refractivity contribution is -0.138. The molecule has 17 heavy (non-hydrogen) atoms. The molecule has 100 valence electrons. The van der Waals surface area contributed by atoms with E-state index in [0.717, 1.165) is 32.2 Å². The van der Waals surface area contributed by atoms with Gasteiger partial charge in [-0.2, -0.15) is 0 Å². The summed E-state index contributed by atoms with van der Waals surface area (Å²) in [6, 6.07) is 0.387. The quantitative estimate of drug-likeness (QED) is 0.686. The molecule has 1 saturated carbocycles. The standard InChI is InChI=1S/C14H27NO2/c1-4-13(5-2)15(10-11-17-3)14(16)12-8-6-7-9-12/h12-13H,4-11H2,1-3H3. The van der Waals surface area contributed by atoms with Gasteiger partial charge in [-0.3, -0.25) is 4.79 Å². The van der Waals surface area contributed by atoms with Gasteiger partial charge in [0.1, 0.15) is 0 Å². The Kier molecular flexibility index (Phi) is 6.56. The minimum atomic E-state index is 0.285. The van der Waals surface area contributed by atoms with Crippen LogP contribution in [0.4, 0.5) is 0 Å². The second-order valence-electron chi connectivity index (χ2n) is 4.98. The molecule has 0 unspecified atom stereocenters. The fourth-order valence-electron chi connectivity index (χ4n) is 2.80. The van der Waals surface area contributed by atoms with Crippen LogP contribution in [0.1, 0.15) is 52.4 Å². The SMILES string of the molecule is CCC(CC)N(CCOC)C(=O)C1CCCC1. The molecule has 1 aliphatic carbocycles. The first-order valence-corrected chi connectivity index (χ1v) is 7.03. The molecule has 0 aliphatic heterocycles. The molecule has 0 radical (unpaired) electrons. The van der Waals surface area contributed by atoms with Crippen molar-refractivity contribution in [2.75, 3.05) is 20.3 Å². The number of methoxy groups -OCH3 is 1. The van der Waals surface area contributed by atoms with E-state index in [2.05, 4.69) is 18.7 Å². The van der Waals surface area contributed by atoms with E-state index in [0.29, 0.717) is 18.6 Å². The average molecular weight is 241 g/mol. The molecule has 3 heteroatoms. The number of rotatable bonds is 7. The minimum Gasteiger partial charge on any atom is -0.383 e. The number of carbonyl (C=O) groups excluding carboxylic acids is 1. The van der Waals surface area contributed by atoms with E-state index in [1.165, 1.54) is 12.8 Å². The Morgan fingerprint density at radius 2 is 1.88 bits per heavy atom. The molecule has 0 saturated heterocycles. The molecule has 0 bridgehead atoms. The van der Waals surface area contributed by atoms with Gasteiger partial charge in [-0.1, -0.05) is 26.7 Å². The highest BCUT2D eigenvalue weighted by atomic mass is 16.5. The van der Waals surface area contributed by atoms with Gasteiger partial charge in [-0.15, -0.1) is 0 Å². The van der Waals surface area contributed by atoms with Crippen molar-refractivity contribution in [3.63, 3.8) is 0 Å². The summed E-state index contributed by atoms with van der Waals surface area (Å²) in [5.74, 6) is 0.653. The predicted octanol–water partition coefficient (Wildman–Crippen LogP) is 2.84. The van der Waals surface area contributed by atoms with Crippen molar-refractivity contribution in [1.82, 2.24) is 4.90 Å². The number of ether oxygens (including phenoxy) is 1. The third kappa shape index (κ3) is 3.98. The van der Waals surface area contributed by atoms with Gasteiger partial charge in [0.25, 0.3) is 0 Å². The van der Waals surface area contributed by atoms with Crippen molar-refractivity contribution in [2.24, 2.45) is 5.92 Å². The van der Waals surface area contributed by atoms with Gasteiger partial charge in [-0.05, 0) is 25.7 Å². The first kappa shape index (κ1) is 14.5. The molecule has 0 aromatic heterocycles. The summed E-state index contributed by atoms with van der Waals surface area (Å²) in [7, 11) is 1.70. The fraction of sp³-hybridized carbons (Fsp3) is 0.929. The Morgan fingerprint density at radius 3 is 2.35 bits per heavy atom. The number of nitrogens with zero attached hydrogens (tertiary/aromatic N) is 1. The molecule has 3 nitrogen and oxygen atoms in total. The van der Waals surface area contributed by atoms with Gasteiger partial charge < -0.3 is 9.64 Å². The highest BCUT2D eigenvalue weighted by molar-refractivity contribution is 5.79. The summed E-state index contributed by atoms with van der Waals surface area (Å²) >= 11 is 0. The highest BCUT2D eigenvalue weighted by Gasteiger charge is 2.29. The van der Waals surface area contributed by atoms with Crippen LogP contribution in [-0.2, 0) is 9.53 Å². The van der Waals surface area contributed by atoms with E-state index in [1.54, 1.807) is 7.11 Å². The lowest BCUT2D eigenvalue weighted by atomic mass is 10.0. The van der Waals surface area contributed by atoms with Crippen LogP contribution in [0.5, 0.6) is 0 Å². The molecular weight excluding hydrogens is 214 g/mol. The average Bonchev–Trinajstić information content (AvgIpc) is 2.87. The molecule has 0 atom stereocenters. The fourth-order valence-corrected chi connectivity index (χ4v) is 2.80. The van der Waals surface area contributed by atoms with E-state index in [4.69, 9.17) is 4.74 Å². The van der Waals surface area contributed by atoms with Gasteiger partial charge in [0.2, 0.25) is 5.91 Å². The summed E-state index contributed by atoms with van der Waals surface area (Å²) in [4.78, 5) is 14.5. The van der Waals surface area contributed by atoms with E-state index in [1.807, 2.05) is 0 Å². The second kappa shape index (κ2) is 7.70. The molecule has 1 amide bonds. The second-order valence-corrected chi connectivity index (χ2v) is 4.98. The Labute approximate surface area is 106 Å². The van der Waals surface area contributed by atoms with Crippen molar-refractivity contribution in [3.05, 3.63) is 0 Å². The van der Waals surface area contributed by atoms with Crippen LogP contribution in [0.15, 0.2) is 0 Å². The first-order valence-electron chi connectivity index (χ1n) is 7.03. The van der Waals surface area contributed by atoms with Crippen molar-refractivity contribution in [1.29, 1.82) is 0 Å². The molecule has 1 aliphatic rings. The highest BCUT2D eigenvalue weighted by Crippen LogP contribution is 2.27. The summed E-state index contributed by atoms with van der Waals surface area (Å²) in [6.45, 7) is 5.72. The molecule has 0 N–H and O–H groups in total. The number of carbonyl (C=O) groups is 1. The largest absolute Gasteiger partial charge is 0.383 e. The van der Waals surface area contributed by atoms with E-state index in [9.17, 15) is 4.79 Å². The Morgan fingerprint density at radius 1 is 1.29 bits per heavy atom. The lowest BCUT2D eigenvalue weighted by Gasteiger charge is -2.32. The topological polar surface area (TPSA) is 29.5 Å². The van der Waals surface area contributed by atoms with Crippen LogP contribution in [0.25, 0.3) is 0 Å². The van der Waals surface area contributed by atoms with E-state index < -0.39 is 0 Å². The van der Waals surface area contributed by atoms with Crippen LogP contribution < -0.4 is 0 Å². The lowest BCUT2D eigenvalue weighted by Crippen LogP contribution is -2.44. The van der Waals surface area contributed by atoms with Crippen LogP contribution in [0, 0.1) is 5.92 Å². The van der Waals surface area contributed by atoms with Crippen LogP contribution in [0.3, 0.4) is 0 Å². The zero-order chi connectivity index (χ0) is 12.7. The maximum absolute atomic E-state index is 12.5. The van der Waals surface area contributed by atoms with Crippen molar-refractivity contribution < 1.29 is 9.53 Å². The number of amides is 1. The van der Waals surface area contributed by atoms with Crippen LogP contribution >= 0.6 is 0 Å². The third-order valence-corrected chi connectivity index (χ3v) is 3.91. The van der Waals surface area contributed by atoms with Gasteiger partial charge in [0, 0.05) is 25.6 Å². The van der Waals surface area contributed by atoms with Crippen LogP contribution in [0.2, 0.25) is 0 Å². The monoisotopic (exact) mass is 241 g/mol. The van der Waals surface area contributed by atoms with E-state index in [-0.39, 0.29) is 5.92 Å². The maximum atomic E-state index is 12.5. The number of hydrogen-bond donors (Lipinski definition) is 0. The summed E-state index contributed by atoms with van der Waals surface area (Å²) in [6.07, 6.45) is 6.69. The minimum absolute atomic E-state index is 0.285. The first-order chi connectivity index (χ1) is 8.24.